The van der Waals surface area contributed by atoms with Crippen molar-refractivity contribution in [3.63, 3.8) is 0 Å². The quantitative estimate of drug-likeness (QED) is 0.708. The van der Waals surface area contributed by atoms with Crippen LogP contribution >= 0.6 is 0 Å². The smallest absolute Gasteiger partial charge is 0.0304 e. The number of benzene rings is 1. The van der Waals surface area contributed by atoms with Gasteiger partial charge in [-0.05, 0) is 18.9 Å². The lowest BCUT2D eigenvalue weighted by molar-refractivity contribution is 0.0372. The van der Waals surface area contributed by atoms with E-state index in [2.05, 4.69) is 54.0 Å². The Hall–Kier alpha value is -0.900. The molecule has 1 fully saturated rings. The van der Waals surface area contributed by atoms with Crippen molar-refractivity contribution in [2.24, 2.45) is 5.73 Å². The average Bonchev–Trinajstić information content (AvgIpc) is 2.60. The Morgan fingerprint density at radius 1 is 1.00 bits per heavy atom. The van der Waals surface area contributed by atoms with Crippen molar-refractivity contribution < 1.29 is 0 Å². The van der Waals surface area contributed by atoms with Gasteiger partial charge in [0, 0.05) is 44.8 Å². The first-order chi connectivity index (χ1) is 11.2. The summed E-state index contributed by atoms with van der Waals surface area (Å²) in [5.74, 6) is 0. The van der Waals surface area contributed by atoms with Gasteiger partial charge in [0.1, 0.15) is 0 Å². The summed E-state index contributed by atoms with van der Waals surface area (Å²) < 4.78 is 0. The Kier molecular flexibility index (Phi) is 7.54. The highest BCUT2D eigenvalue weighted by molar-refractivity contribution is 5.14. The van der Waals surface area contributed by atoms with E-state index in [1.807, 2.05) is 0 Å². The van der Waals surface area contributed by atoms with E-state index in [1.165, 1.54) is 37.7 Å². The summed E-state index contributed by atoms with van der Waals surface area (Å²) in [5.41, 5.74) is 7.76. The molecule has 3 nitrogen and oxygen atoms in total. The van der Waals surface area contributed by atoms with Gasteiger partial charge in [-0.1, -0.05) is 62.9 Å². The van der Waals surface area contributed by atoms with E-state index >= 15 is 0 Å². The highest BCUT2D eigenvalue weighted by Crippen LogP contribution is 2.24. The maximum absolute atomic E-state index is 6.16. The summed E-state index contributed by atoms with van der Waals surface area (Å²) in [5, 5.41) is 0. The molecule has 1 aliphatic heterocycles. The molecule has 0 spiro atoms. The molecule has 1 saturated heterocycles. The summed E-state index contributed by atoms with van der Waals surface area (Å²) in [4.78, 5) is 5.21. The zero-order valence-corrected chi connectivity index (χ0v) is 15.1. The predicted molar refractivity (Wildman–Crippen MR) is 99.5 cm³/mol. The van der Waals surface area contributed by atoms with Crippen LogP contribution in [-0.4, -0.2) is 48.1 Å². The molecule has 2 rings (SSSR count). The molecule has 1 heterocycles. The number of hydrogen-bond donors (Lipinski definition) is 1. The zero-order valence-electron chi connectivity index (χ0n) is 15.1. The summed E-state index contributed by atoms with van der Waals surface area (Å²) in [6.45, 7) is 11.1. The van der Waals surface area contributed by atoms with Crippen LogP contribution in [0.25, 0.3) is 0 Å². The van der Waals surface area contributed by atoms with E-state index in [4.69, 9.17) is 5.73 Å². The van der Waals surface area contributed by atoms with Gasteiger partial charge in [-0.2, -0.15) is 0 Å². The zero-order chi connectivity index (χ0) is 16.5. The van der Waals surface area contributed by atoms with E-state index in [0.29, 0.717) is 0 Å². The van der Waals surface area contributed by atoms with Gasteiger partial charge in [-0.25, -0.2) is 0 Å². The summed E-state index contributed by atoms with van der Waals surface area (Å²) in [6.07, 6.45) is 6.55. The van der Waals surface area contributed by atoms with Crippen LogP contribution in [0.1, 0.15) is 51.5 Å². The molecule has 0 radical (unpaired) electrons. The van der Waals surface area contributed by atoms with E-state index in [-0.39, 0.29) is 5.54 Å². The molecule has 1 unspecified atom stereocenters. The van der Waals surface area contributed by atoms with Crippen molar-refractivity contribution in [2.75, 3.05) is 32.7 Å². The van der Waals surface area contributed by atoms with Gasteiger partial charge in [-0.3, -0.25) is 9.80 Å². The molecule has 0 saturated carbocycles. The van der Waals surface area contributed by atoms with Gasteiger partial charge in [0.15, 0.2) is 0 Å². The second-order valence-electron chi connectivity index (χ2n) is 7.26. The fourth-order valence-electron chi connectivity index (χ4n) is 3.61. The first-order valence-corrected chi connectivity index (χ1v) is 9.39. The molecule has 3 heteroatoms. The van der Waals surface area contributed by atoms with Crippen LogP contribution in [0.5, 0.6) is 0 Å². The SMILES string of the molecule is CCCCCCC(C)(CN)N1CCN(Cc2ccccc2)CC1. The number of unbranched alkanes of at least 4 members (excludes halogenated alkanes) is 3. The average molecular weight is 318 g/mol. The minimum atomic E-state index is 0.187. The lowest BCUT2D eigenvalue weighted by atomic mass is 9.91. The van der Waals surface area contributed by atoms with Crippen LogP contribution < -0.4 is 5.73 Å². The maximum atomic E-state index is 6.16. The molecule has 1 aliphatic rings. The van der Waals surface area contributed by atoms with Gasteiger partial charge in [0.05, 0.1) is 0 Å². The third-order valence-electron chi connectivity index (χ3n) is 5.39. The highest BCUT2D eigenvalue weighted by Gasteiger charge is 2.32. The third-order valence-corrected chi connectivity index (χ3v) is 5.39. The molecule has 1 aromatic rings. The highest BCUT2D eigenvalue weighted by atomic mass is 15.3. The van der Waals surface area contributed by atoms with Crippen LogP contribution in [0.3, 0.4) is 0 Å². The molecule has 0 aromatic heterocycles. The van der Waals surface area contributed by atoms with Gasteiger partial charge in [-0.15, -0.1) is 0 Å². The van der Waals surface area contributed by atoms with Gasteiger partial charge in [0.25, 0.3) is 0 Å². The number of piperazine rings is 1. The standard InChI is InChI=1S/C20H35N3/c1-3-4-5-9-12-20(2,18-21)23-15-13-22(14-16-23)17-19-10-7-6-8-11-19/h6-8,10-11H,3-5,9,12-18,21H2,1-2H3. The van der Waals surface area contributed by atoms with Crippen molar-refractivity contribution in [3.05, 3.63) is 35.9 Å². The van der Waals surface area contributed by atoms with E-state index < -0.39 is 0 Å². The number of hydrogen-bond acceptors (Lipinski definition) is 3. The van der Waals surface area contributed by atoms with Crippen molar-refractivity contribution in [3.8, 4) is 0 Å². The predicted octanol–water partition coefficient (Wildman–Crippen LogP) is 3.49. The second kappa shape index (κ2) is 9.41. The Morgan fingerprint density at radius 3 is 2.30 bits per heavy atom. The van der Waals surface area contributed by atoms with Gasteiger partial charge >= 0.3 is 0 Å². The summed E-state index contributed by atoms with van der Waals surface area (Å²) in [7, 11) is 0. The molecule has 0 aliphatic carbocycles. The largest absolute Gasteiger partial charge is 0.329 e. The molecular formula is C20H35N3. The van der Waals surface area contributed by atoms with Crippen molar-refractivity contribution in [2.45, 2.75) is 58.0 Å². The maximum Gasteiger partial charge on any atom is 0.0304 e. The van der Waals surface area contributed by atoms with Crippen molar-refractivity contribution in [1.82, 2.24) is 9.80 Å². The minimum Gasteiger partial charge on any atom is -0.329 e. The second-order valence-corrected chi connectivity index (χ2v) is 7.26. The molecule has 1 aromatic carbocycles. The van der Waals surface area contributed by atoms with E-state index in [0.717, 1.165) is 39.3 Å². The summed E-state index contributed by atoms with van der Waals surface area (Å²) >= 11 is 0. The third kappa shape index (κ3) is 5.59. The fraction of sp³-hybridized carbons (Fsp3) is 0.700. The van der Waals surface area contributed by atoms with Gasteiger partial charge in [0.2, 0.25) is 0 Å². The fourth-order valence-corrected chi connectivity index (χ4v) is 3.61. The van der Waals surface area contributed by atoms with Crippen molar-refractivity contribution in [1.29, 1.82) is 0 Å². The van der Waals surface area contributed by atoms with Crippen LogP contribution in [0.4, 0.5) is 0 Å². The Morgan fingerprint density at radius 2 is 1.70 bits per heavy atom. The lowest BCUT2D eigenvalue weighted by Gasteiger charge is -2.45. The molecule has 2 N–H and O–H groups in total. The molecule has 23 heavy (non-hydrogen) atoms. The monoisotopic (exact) mass is 317 g/mol. The minimum absolute atomic E-state index is 0.187. The molecule has 0 bridgehead atoms. The first kappa shape index (κ1) is 18.4. The van der Waals surface area contributed by atoms with E-state index in [1.54, 1.807) is 0 Å². The van der Waals surface area contributed by atoms with Crippen molar-refractivity contribution >= 4 is 0 Å². The summed E-state index contributed by atoms with van der Waals surface area (Å²) in [6, 6.07) is 10.8. The first-order valence-electron chi connectivity index (χ1n) is 9.39. The van der Waals surface area contributed by atoms with Gasteiger partial charge < -0.3 is 5.73 Å². The molecule has 1 atom stereocenters. The Balaban J connectivity index is 1.79. The number of rotatable bonds is 9. The van der Waals surface area contributed by atoms with Crippen LogP contribution in [-0.2, 0) is 6.54 Å². The lowest BCUT2D eigenvalue weighted by Crippen LogP contribution is -2.58. The van der Waals surface area contributed by atoms with Crippen LogP contribution in [0.15, 0.2) is 30.3 Å². The van der Waals surface area contributed by atoms with E-state index in [9.17, 15) is 0 Å². The number of nitrogens with zero attached hydrogens (tertiary/aromatic N) is 2. The van der Waals surface area contributed by atoms with Crippen LogP contribution in [0.2, 0.25) is 0 Å². The Bertz CT molecular complexity index is 426. The topological polar surface area (TPSA) is 32.5 Å². The van der Waals surface area contributed by atoms with Crippen LogP contribution in [0, 0.1) is 0 Å². The molecule has 0 amide bonds. The number of nitrogens with two attached hydrogens (primary N) is 1. The molecule has 130 valence electrons. The molecular weight excluding hydrogens is 282 g/mol. The Labute approximate surface area is 142 Å². The normalized spacial score (nSPS) is 19.6.